The van der Waals surface area contributed by atoms with Crippen LogP contribution in [0.4, 0.5) is 5.69 Å². The molecule has 1 aromatic rings. The standard InChI is InChI=1S/C25H43N5O2.HI/c1-5-26-25(27-11-7-13-29-12-6-8-20(2)19-29)28-21-9-14-30(15-10-21)22-16-23(31-3)18-24(17-22)32-4;/h16-18,20-21H,5-15,19H2,1-4H3,(H2,26,27,28);1H. The van der Waals surface area contributed by atoms with E-state index in [1.165, 1.54) is 25.9 Å². The number of piperidine rings is 2. The number of ether oxygens (including phenoxy) is 2. The minimum absolute atomic E-state index is 0. The van der Waals surface area contributed by atoms with E-state index < -0.39 is 0 Å². The van der Waals surface area contributed by atoms with Gasteiger partial charge in [0.25, 0.3) is 0 Å². The molecule has 2 fully saturated rings. The van der Waals surface area contributed by atoms with Gasteiger partial charge in [-0.3, -0.25) is 4.99 Å². The van der Waals surface area contributed by atoms with Gasteiger partial charge in [-0.1, -0.05) is 6.92 Å². The average molecular weight is 574 g/mol. The summed E-state index contributed by atoms with van der Waals surface area (Å²) < 4.78 is 10.9. The summed E-state index contributed by atoms with van der Waals surface area (Å²) >= 11 is 0. The summed E-state index contributed by atoms with van der Waals surface area (Å²) in [7, 11) is 3.40. The molecule has 1 unspecified atom stereocenters. The third kappa shape index (κ3) is 9.03. The van der Waals surface area contributed by atoms with Gasteiger partial charge in [0, 0.05) is 62.7 Å². The van der Waals surface area contributed by atoms with Gasteiger partial charge in [-0.25, -0.2) is 0 Å². The second-order valence-corrected chi connectivity index (χ2v) is 9.14. The number of benzene rings is 1. The molecule has 1 atom stereocenters. The molecule has 7 nitrogen and oxygen atoms in total. The van der Waals surface area contributed by atoms with Gasteiger partial charge in [0.05, 0.1) is 14.2 Å². The largest absolute Gasteiger partial charge is 0.497 e. The molecule has 2 aliphatic heterocycles. The number of likely N-dealkylation sites (tertiary alicyclic amines) is 1. The van der Waals surface area contributed by atoms with Crippen LogP contribution in [0.2, 0.25) is 0 Å². The van der Waals surface area contributed by atoms with Gasteiger partial charge in [-0.05, 0) is 58.0 Å². The monoisotopic (exact) mass is 573 g/mol. The van der Waals surface area contributed by atoms with Crippen LogP contribution in [0.15, 0.2) is 23.2 Å². The highest BCUT2D eigenvalue weighted by atomic mass is 127. The zero-order valence-corrected chi connectivity index (χ0v) is 23.3. The molecule has 1 aromatic carbocycles. The van der Waals surface area contributed by atoms with E-state index in [0.29, 0.717) is 6.04 Å². The van der Waals surface area contributed by atoms with E-state index in [0.717, 1.165) is 81.1 Å². The van der Waals surface area contributed by atoms with Crippen molar-refractivity contribution in [1.82, 2.24) is 15.5 Å². The van der Waals surface area contributed by atoms with Crippen LogP contribution in [-0.4, -0.2) is 76.9 Å². The van der Waals surface area contributed by atoms with Crippen LogP contribution < -0.4 is 25.0 Å². The van der Waals surface area contributed by atoms with Crippen LogP contribution in [0, 0.1) is 5.92 Å². The lowest BCUT2D eigenvalue weighted by Gasteiger charge is -2.35. The topological polar surface area (TPSA) is 61.4 Å². The summed E-state index contributed by atoms with van der Waals surface area (Å²) in [5, 5.41) is 7.10. The molecule has 188 valence electrons. The highest BCUT2D eigenvalue weighted by Gasteiger charge is 2.21. The van der Waals surface area contributed by atoms with Crippen LogP contribution in [0.1, 0.15) is 46.0 Å². The van der Waals surface area contributed by atoms with Crippen molar-refractivity contribution in [3.8, 4) is 11.5 Å². The fourth-order valence-corrected chi connectivity index (χ4v) is 4.75. The van der Waals surface area contributed by atoms with Crippen LogP contribution in [0.3, 0.4) is 0 Å². The maximum atomic E-state index is 5.43. The van der Waals surface area contributed by atoms with E-state index in [1.54, 1.807) is 14.2 Å². The van der Waals surface area contributed by atoms with Crippen molar-refractivity contribution in [3.63, 3.8) is 0 Å². The fourth-order valence-electron chi connectivity index (χ4n) is 4.75. The first-order valence-electron chi connectivity index (χ1n) is 12.4. The molecule has 0 saturated carbocycles. The summed E-state index contributed by atoms with van der Waals surface area (Å²) in [4.78, 5) is 9.87. The Bertz CT molecular complexity index is 702. The van der Waals surface area contributed by atoms with E-state index in [-0.39, 0.29) is 24.0 Å². The summed E-state index contributed by atoms with van der Waals surface area (Å²) in [6.07, 6.45) is 6.01. The second kappa shape index (κ2) is 14.8. The highest BCUT2D eigenvalue weighted by Crippen LogP contribution is 2.30. The van der Waals surface area contributed by atoms with Crippen LogP contribution in [0.5, 0.6) is 11.5 Å². The Hall–Kier alpha value is -1.42. The molecule has 3 rings (SSSR count). The van der Waals surface area contributed by atoms with E-state index in [4.69, 9.17) is 14.5 Å². The average Bonchev–Trinajstić information content (AvgIpc) is 2.82. The van der Waals surface area contributed by atoms with Crippen LogP contribution in [-0.2, 0) is 0 Å². The Morgan fingerprint density at radius 3 is 2.36 bits per heavy atom. The quantitative estimate of drug-likeness (QED) is 0.202. The van der Waals surface area contributed by atoms with Crippen molar-refractivity contribution in [2.75, 3.05) is 64.9 Å². The first-order valence-corrected chi connectivity index (χ1v) is 12.4. The number of hydrogen-bond donors (Lipinski definition) is 2. The van der Waals surface area contributed by atoms with Crippen molar-refractivity contribution in [1.29, 1.82) is 0 Å². The SMILES string of the molecule is CCNC(=NCCCN1CCCC(C)C1)NC1CCN(c2cc(OC)cc(OC)c2)CC1.I. The molecule has 0 amide bonds. The zero-order chi connectivity index (χ0) is 22.8. The summed E-state index contributed by atoms with van der Waals surface area (Å²) in [6.45, 7) is 11.9. The maximum absolute atomic E-state index is 5.43. The Balaban J connectivity index is 0.00000385. The Morgan fingerprint density at radius 1 is 1.06 bits per heavy atom. The molecule has 0 aromatic heterocycles. The number of nitrogens with one attached hydrogen (secondary N) is 2. The molecule has 33 heavy (non-hydrogen) atoms. The van der Waals surface area contributed by atoms with Crippen molar-refractivity contribution in [2.45, 2.75) is 52.0 Å². The Kier molecular flexibility index (Phi) is 12.4. The van der Waals surface area contributed by atoms with Crippen molar-refractivity contribution < 1.29 is 9.47 Å². The van der Waals surface area contributed by atoms with E-state index in [1.807, 2.05) is 6.07 Å². The smallest absolute Gasteiger partial charge is 0.191 e. The van der Waals surface area contributed by atoms with Gasteiger partial charge in [0.15, 0.2) is 5.96 Å². The molecule has 2 heterocycles. The fraction of sp³-hybridized carbons (Fsp3) is 0.720. The number of halogens is 1. The van der Waals surface area contributed by atoms with Crippen molar-refractivity contribution in [2.24, 2.45) is 10.9 Å². The van der Waals surface area contributed by atoms with Gasteiger partial charge in [-0.2, -0.15) is 0 Å². The van der Waals surface area contributed by atoms with Gasteiger partial charge in [-0.15, -0.1) is 24.0 Å². The lowest BCUT2D eigenvalue weighted by molar-refractivity contribution is 0.183. The van der Waals surface area contributed by atoms with Crippen molar-refractivity contribution >= 4 is 35.6 Å². The number of nitrogens with zero attached hydrogens (tertiary/aromatic N) is 3. The molecule has 2 N–H and O–H groups in total. The predicted molar refractivity (Wildman–Crippen MR) is 149 cm³/mol. The molecule has 0 aliphatic carbocycles. The van der Waals surface area contributed by atoms with Gasteiger partial charge in [0.1, 0.15) is 11.5 Å². The summed E-state index contributed by atoms with van der Waals surface area (Å²) in [5.74, 6) is 3.47. The minimum atomic E-state index is 0. The number of anilines is 1. The number of rotatable bonds is 9. The Labute approximate surface area is 217 Å². The molecule has 0 radical (unpaired) electrons. The minimum Gasteiger partial charge on any atom is -0.497 e. The van der Waals surface area contributed by atoms with E-state index in [2.05, 4.69) is 46.4 Å². The number of aliphatic imine (C=N–C) groups is 1. The number of methoxy groups -OCH3 is 2. The lowest BCUT2D eigenvalue weighted by Crippen LogP contribution is -2.48. The van der Waals surface area contributed by atoms with Gasteiger partial charge >= 0.3 is 0 Å². The molecule has 0 spiro atoms. The zero-order valence-electron chi connectivity index (χ0n) is 20.9. The molecular formula is C25H44IN5O2. The third-order valence-corrected chi connectivity index (χ3v) is 6.52. The van der Waals surface area contributed by atoms with Gasteiger partial charge in [0.2, 0.25) is 0 Å². The summed E-state index contributed by atoms with van der Waals surface area (Å²) in [5.41, 5.74) is 1.16. The molecule has 2 saturated heterocycles. The maximum Gasteiger partial charge on any atom is 0.191 e. The van der Waals surface area contributed by atoms with Crippen LogP contribution >= 0.6 is 24.0 Å². The van der Waals surface area contributed by atoms with Crippen molar-refractivity contribution in [3.05, 3.63) is 18.2 Å². The second-order valence-electron chi connectivity index (χ2n) is 9.14. The third-order valence-electron chi connectivity index (χ3n) is 6.52. The first-order chi connectivity index (χ1) is 15.6. The number of guanidine groups is 1. The molecular weight excluding hydrogens is 529 g/mol. The summed E-state index contributed by atoms with van der Waals surface area (Å²) in [6, 6.07) is 6.54. The highest BCUT2D eigenvalue weighted by molar-refractivity contribution is 14.0. The van der Waals surface area contributed by atoms with Crippen LogP contribution in [0.25, 0.3) is 0 Å². The van der Waals surface area contributed by atoms with E-state index >= 15 is 0 Å². The normalized spacial score (nSPS) is 20.2. The molecule has 8 heteroatoms. The van der Waals surface area contributed by atoms with E-state index in [9.17, 15) is 0 Å². The lowest BCUT2D eigenvalue weighted by atomic mass is 10.0. The first kappa shape index (κ1) is 27.8. The predicted octanol–water partition coefficient (Wildman–Crippen LogP) is 3.97. The Morgan fingerprint density at radius 2 is 1.76 bits per heavy atom. The molecule has 2 aliphatic rings. The van der Waals surface area contributed by atoms with Gasteiger partial charge < -0.3 is 29.9 Å². The molecule has 0 bridgehead atoms. The number of hydrogen-bond acceptors (Lipinski definition) is 5.